The molecule has 0 fully saturated rings. The Hall–Kier alpha value is -0.0900. The zero-order valence-electron chi connectivity index (χ0n) is 11.1. The third-order valence-electron chi connectivity index (χ3n) is 3.52. The number of hydrogen-bond acceptors (Lipinski definition) is 0. The van der Waals surface area contributed by atoms with Crippen molar-refractivity contribution in [3.63, 3.8) is 0 Å². The van der Waals surface area contributed by atoms with Crippen molar-refractivity contribution in [1.29, 1.82) is 0 Å². The van der Waals surface area contributed by atoms with Crippen LogP contribution in [0, 0.1) is 5.82 Å². The summed E-state index contributed by atoms with van der Waals surface area (Å²) >= 11 is 19.4. The van der Waals surface area contributed by atoms with Gasteiger partial charge in [0.2, 0.25) is 0 Å². The fraction of sp³-hybridized carbons (Fsp3) is 0.250. The van der Waals surface area contributed by atoms with Gasteiger partial charge in [-0.15, -0.1) is 0 Å². The highest BCUT2D eigenvalue weighted by Gasteiger charge is 2.33. The maximum absolute atomic E-state index is 14.2. The molecule has 0 unspecified atom stereocenters. The van der Waals surface area contributed by atoms with Crippen molar-refractivity contribution in [2.24, 2.45) is 0 Å². The average molecular weight is 455 g/mol. The van der Waals surface area contributed by atoms with Crippen LogP contribution in [-0.4, -0.2) is 10.7 Å². The Morgan fingerprint density at radius 1 is 0.952 bits per heavy atom. The molecular formula is C16H13Br2Cl2F. The molecule has 0 bridgehead atoms. The Morgan fingerprint density at radius 2 is 1.62 bits per heavy atom. The summed E-state index contributed by atoms with van der Waals surface area (Å²) in [7, 11) is 0. The largest absolute Gasteiger partial charge is 0.207 e. The molecule has 21 heavy (non-hydrogen) atoms. The van der Waals surface area contributed by atoms with E-state index in [0.29, 0.717) is 32.7 Å². The third-order valence-corrected chi connectivity index (χ3v) is 6.52. The van der Waals surface area contributed by atoms with Crippen LogP contribution in [-0.2, 0) is 11.8 Å². The van der Waals surface area contributed by atoms with Crippen LogP contribution in [0.15, 0.2) is 42.5 Å². The van der Waals surface area contributed by atoms with Crippen molar-refractivity contribution < 1.29 is 4.39 Å². The van der Waals surface area contributed by atoms with Gasteiger partial charge in [-0.05, 0) is 29.7 Å². The number of alkyl halides is 2. The number of hydrogen-bond donors (Lipinski definition) is 0. The first kappa shape index (κ1) is 17.3. The van der Waals surface area contributed by atoms with Crippen LogP contribution in [0.4, 0.5) is 4.39 Å². The average Bonchev–Trinajstić information content (AvgIpc) is 2.50. The molecule has 112 valence electrons. The van der Waals surface area contributed by atoms with E-state index in [2.05, 4.69) is 31.9 Å². The van der Waals surface area contributed by atoms with Gasteiger partial charge in [0.05, 0.1) is 10.0 Å². The second-order valence-corrected chi connectivity index (χ2v) is 6.82. The quantitative estimate of drug-likeness (QED) is 0.458. The molecule has 0 aliphatic carbocycles. The zero-order chi connectivity index (χ0) is 15.5. The molecule has 0 heterocycles. The molecule has 0 atom stereocenters. The molecule has 0 spiro atoms. The van der Waals surface area contributed by atoms with Crippen molar-refractivity contribution >= 4 is 55.1 Å². The topological polar surface area (TPSA) is 0 Å². The SMILES string of the molecule is Fc1ccccc1C(CBr)(CBr)Cc1cccc(Cl)c1Cl. The Labute approximate surface area is 150 Å². The first-order chi connectivity index (χ1) is 10.0. The van der Waals surface area contributed by atoms with E-state index in [1.807, 2.05) is 24.3 Å². The lowest BCUT2D eigenvalue weighted by atomic mass is 9.79. The predicted octanol–water partition coefficient (Wildman–Crippen LogP) is 6.40. The van der Waals surface area contributed by atoms with Gasteiger partial charge in [-0.1, -0.05) is 85.4 Å². The van der Waals surface area contributed by atoms with E-state index < -0.39 is 5.41 Å². The van der Waals surface area contributed by atoms with E-state index in [0.717, 1.165) is 5.56 Å². The third kappa shape index (κ3) is 3.64. The molecular weight excluding hydrogens is 442 g/mol. The van der Waals surface area contributed by atoms with Crippen LogP contribution in [0.1, 0.15) is 11.1 Å². The minimum atomic E-state index is -0.431. The summed E-state index contributed by atoms with van der Waals surface area (Å²) in [6.45, 7) is 0. The molecule has 2 aromatic rings. The van der Waals surface area contributed by atoms with E-state index in [9.17, 15) is 4.39 Å². The molecule has 0 radical (unpaired) electrons. The van der Waals surface area contributed by atoms with Crippen LogP contribution in [0.25, 0.3) is 0 Å². The predicted molar refractivity (Wildman–Crippen MR) is 95.8 cm³/mol. The maximum atomic E-state index is 14.2. The molecule has 0 saturated carbocycles. The lowest BCUT2D eigenvalue weighted by Gasteiger charge is -2.31. The van der Waals surface area contributed by atoms with Gasteiger partial charge in [-0.3, -0.25) is 0 Å². The zero-order valence-corrected chi connectivity index (χ0v) is 15.7. The molecule has 2 rings (SSSR count). The summed E-state index contributed by atoms with van der Waals surface area (Å²) in [6, 6.07) is 12.4. The number of rotatable bonds is 5. The summed E-state index contributed by atoms with van der Waals surface area (Å²) in [5.41, 5.74) is 1.14. The van der Waals surface area contributed by atoms with Gasteiger partial charge in [0, 0.05) is 16.1 Å². The van der Waals surface area contributed by atoms with Gasteiger partial charge in [0.25, 0.3) is 0 Å². The van der Waals surface area contributed by atoms with Crippen molar-refractivity contribution in [2.45, 2.75) is 11.8 Å². The van der Waals surface area contributed by atoms with Crippen molar-refractivity contribution in [2.75, 3.05) is 10.7 Å². The smallest absolute Gasteiger partial charge is 0.127 e. The van der Waals surface area contributed by atoms with Crippen LogP contribution < -0.4 is 0 Å². The Bertz CT molecular complexity index is 627. The number of halogens is 5. The molecule has 0 aromatic heterocycles. The van der Waals surface area contributed by atoms with E-state index in [1.165, 1.54) is 6.07 Å². The monoisotopic (exact) mass is 452 g/mol. The molecule has 0 aliphatic heterocycles. The highest BCUT2D eigenvalue weighted by Crippen LogP contribution is 2.37. The van der Waals surface area contributed by atoms with E-state index in [-0.39, 0.29) is 5.82 Å². The summed E-state index contributed by atoms with van der Waals surface area (Å²) < 4.78 is 14.2. The Balaban J connectivity index is 2.49. The molecule has 0 aliphatic rings. The van der Waals surface area contributed by atoms with Gasteiger partial charge in [-0.2, -0.15) is 0 Å². The second kappa shape index (κ2) is 7.45. The van der Waals surface area contributed by atoms with Gasteiger partial charge >= 0.3 is 0 Å². The summed E-state index contributed by atoms with van der Waals surface area (Å²) in [5, 5.41) is 2.26. The highest BCUT2D eigenvalue weighted by atomic mass is 79.9. The molecule has 5 heteroatoms. The van der Waals surface area contributed by atoms with Gasteiger partial charge in [0.15, 0.2) is 0 Å². The van der Waals surface area contributed by atoms with Crippen molar-refractivity contribution in [3.05, 3.63) is 69.5 Å². The van der Waals surface area contributed by atoms with E-state index >= 15 is 0 Å². The van der Waals surface area contributed by atoms with Crippen LogP contribution >= 0.6 is 55.1 Å². The summed E-state index contributed by atoms with van der Waals surface area (Å²) in [5.74, 6) is -0.213. The Kier molecular flexibility index (Phi) is 6.13. The van der Waals surface area contributed by atoms with Crippen molar-refractivity contribution in [3.8, 4) is 0 Å². The minimum Gasteiger partial charge on any atom is -0.207 e. The highest BCUT2D eigenvalue weighted by molar-refractivity contribution is 9.09. The fourth-order valence-electron chi connectivity index (χ4n) is 2.31. The first-order valence-electron chi connectivity index (χ1n) is 6.34. The molecule has 0 amide bonds. The first-order valence-corrected chi connectivity index (χ1v) is 9.34. The van der Waals surface area contributed by atoms with Gasteiger partial charge in [-0.25, -0.2) is 4.39 Å². The molecule has 0 nitrogen and oxygen atoms in total. The van der Waals surface area contributed by atoms with Crippen molar-refractivity contribution in [1.82, 2.24) is 0 Å². The standard InChI is InChI=1S/C16H13Br2Cl2F/c17-9-16(10-18,12-5-1-2-7-14(12)21)8-11-4-3-6-13(19)15(11)20/h1-7H,8-10H2. The fourth-order valence-corrected chi connectivity index (χ4v) is 4.63. The minimum absolute atomic E-state index is 0.213. The second-order valence-electron chi connectivity index (χ2n) is 4.92. The van der Waals surface area contributed by atoms with E-state index in [4.69, 9.17) is 23.2 Å². The lowest BCUT2D eigenvalue weighted by Crippen LogP contribution is -2.34. The number of benzene rings is 2. The van der Waals surface area contributed by atoms with Crippen LogP contribution in [0.2, 0.25) is 10.0 Å². The molecule has 0 saturated heterocycles. The lowest BCUT2D eigenvalue weighted by molar-refractivity contribution is 0.501. The maximum Gasteiger partial charge on any atom is 0.127 e. The van der Waals surface area contributed by atoms with Gasteiger partial charge < -0.3 is 0 Å². The van der Waals surface area contributed by atoms with Crippen LogP contribution in [0.5, 0.6) is 0 Å². The van der Waals surface area contributed by atoms with Crippen LogP contribution in [0.3, 0.4) is 0 Å². The van der Waals surface area contributed by atoms with E-state index in [1.54, 1.807) is 12.1 Å². The normalized spacial score (nSPS) is 11.7. The molecule has 0 N–H and O–H groups in total. The summed E-state index contributed by atoms with van der Waals surface area (Å²) in [4.78, 5) is 0. The Morgan fingerprint density at radius 3 is 2.24 bits per heavy atom. The molecule has 2 aromatic carbocycles. The van der Waals surface area contributed by atoms with Gasteiger partial charge in [0.1, 0.15) is 5.82 Å². The summed E-state index contributed by atoms with van der Waals surface area (Å²) in [6.07, 6.45) is 0.587.